The second-order valence-electron chi connectivity index (χ2n) is 2.22. The molecule has 1 aromatic carbocycles. The van der Waals surface area contributed by atoms with Crippen LogP contribution in [0.1, 0.15) is 5.56 Å². The van der Waals surface area contributed by atoms with Gasteiger partial charge in [-0.15, -0.1) is 0 Å². The van der Waals surface area contributed by atoms with E-state index in [2.05, 4.69) is 0 Å². The third-order valence-corrected chi connectivity index (χ3v) is 2.70. The molecule has 1 aromatic rings. The smallest absolute Gasteiger partial charge is 0.195 e. The van der Waals surface area contributed by atoms with Crippen LogP contribution < -0.4 is 0 Å². The van der Waals surface area contributed by atoms with Crippen LogP contribution in [0.15, 0.2) is 30.3 Å². The maximum atomic E-state index is 12.6. The van der Waals surface area contributed by atoms with Crippen molar-refractivity contribution in [2.75, 3.05) is 0 Å². The van der Waals surface area contributed by atoms with Crippen LogP contribution in [0.2, 0.25) is 0 Å². The summed E-state index contributed by atoms with van der Waals surface area (Å²) in [5.74, 6) is 0.477. The molecule has 0 spiro atoms. The fourth-order valence-corrected chi connectivity index (χ4v) is 1.59. The molecule has 0 aliphatic rings. The molecule has 0 unspecified atom stereocenters. The summed E-state index contributed by atoms with van der Waals surface area (Å²) in [6, 6.07) is 9.47. The lowest BCUT2D eigenvalue weighted by atomic mass is 10.2. The molecule has 0 saturated heterocycles. The Morgan fingerprint density at radius 2 is 1.83 bits per heavy atom. The van der Waals surface area contributed by atoms with E-state index in [9.17, 15) is 4.39 Å². The Morgan fingerprint density at radius 1 is 1.25 bits per heavy atom. The largest absolute Gasteiger partial charge is 0.305 e. The molecule has 0 aliphatic carbocycles. The number of thioether (sulfide) groups is 1. The molecule has 0 saturated carbocycles. The van der Waals surface area contributed by atoms with Gasteiger partial charge in [-0.25, -0.2) is 0 Å². The van der Waals surface area contributed by atoms with Gasteiger partial charge in [0.05, 0.1) is 0 Å². The molecule has 0 aromatic heterocycles. The molecule has 0 amide bonds. The Hall–Kier alpha value is 0.0800. The van der Waals surface area contributed by atoms with Crippen molar-refractivity contribution in [3.63, 3.8) is 0 Å². The van der Waals surface area contributed by atoms with Gasteiger partial charge in [-0.1, -0.05) is 65.3 Å². The highest BCUT2D eigenvalue weighted by molar-refractivity contribution is 8.02. The molecule has 0 N–H and O–H groups in total. The van der Waals surface area contributed by atoms with Gasteiger partial charge in [0.1, 0.15) is 0 Å². The van der Waals surface area contributed by atoms with Gasteiger partial charge in [-0.2, -0.15) is 4.39 Å². The van der Waals surface area contributed by atoms with Gasteiger partial charge in [0.15, 0.2) is 0 Å². The van der Waals surface area contributed by atoms with Crippen molar-refractivity contribution < 1.29 is 4.39 Å². The van der Waals surface area contributed by atoms with Gasteiger partial charge in [-0.3, -0.25) is 0 Å². The minimum absolute atomic E-state index is 0.477. The number of halogens is 3. The zero-order valence-corrected chi connectivity index (χ0v) is 8.46. The van der Waals surface area contributed by atoms with E-state index >= 15 is 0 Å². The molecule has 4 heteroatoms. The van der Waals surface area contributed by atoms with E-state index in [0.29, 0.717) is 5.75 Å². The van der Waals surface area contributed by atoms with Gasteiger partial charge in [0.25, 0.3) is 0 Å². The van der Waals surface area contributed by atoms with E-state index < -0.39 is 3.92 Å². The molecule has 0 aliphatic heterocycles. The first kappa shape index (κ1) is 10.2. The number of alkyl halides is 3. The van der Waals surface area contributed by atoms with Crippen molar-refractivity contribution in [2.24, 2.45) is 0 Å². The monoisotopic (exact) mass is 224 g/mol. The van der Waals surface area contributed by atoms with Crippen LogP contribution in [0, 0.1) is 0 Å². The lowest BCUT2D eigenvalue weighted by Crippen LogP contribution is -1.96. The minimum atomic E-state index is -2.18. The molecule has 1 rings (SSSR count). The Bertz CT molecular complexity index is 233. The summed E-state index contributed by atoms with van der Waals surface area (Å²) in [6.07, 6.45) is 0. The van der Waals surface area contributed by atoms with Gasteiger partial charge < -0.3 is 0 Å². The average Bonchev–Trinajstić information content (AvgIpc) is 2.02. The maximum Gasteiger partial charge on any atom is 0.305 e. The molecular formula is C8H7Cl2FS. The summed E-state index contributed by atoms with van der Waals surface area (Å²) in [4.78, 5) is 0. The summed E-state index contributed by atoms with van der Waals surface area (Å²) in [7, 11) is 0. The topological polar surface area (TPSA) is 0 Å². The predicted molar refractivity (Wildman–Crippen MR) is 53.3 cm³/mol. The second-order valence-corrected chi connectivity index (χ2v) is 5.04. The average molecular weight is 225 g/mol. The molecule has 0 atom stereocenters. The van der Waals surface area contributed by atoms with Crippen molar-refractivity contribution in [1.82, 2.24) is 0 Å². The van der Waals surface area contributed by atoms with Crippen LogP contribution >= 0.6 is 35.0 Å². The molecule has 66 valence electrons. The number of rotatable bonds is 3. The van der Waals surface area contributed by atoms with Gasteiger partial charge in [0, 0.05) is 5.75 Å². The maximum absolute atomic E-state index is 12.6. The molecule has 0 radical (unpaired) electrons. The molecule has 0 heterocycles. The van der Waals surface area contributed by atoms with Crippen molar-refractivity contribution >= 4 is 35.0 Å². The number of hydrogen-bond donors (Lipinski definition) is 0. The molecule has 0 fully saturated rings. The van der Waals surface area contributed by atoms with Gasteiger partial charge in [-0.05, 0) is 5.56 Å². The van der Waals surface area contributed by atoms with Crippen LogP contribution in [0.5, 0.6) is 0 Å². The SMILES string of the molecule is FC(Cl)(Cl)SCc1ccccc1. The first-order valence-corrected chi connectivity index (χ1v) is 5.07. The Balaban J connectivity index is 2.44. The van der Waals surface area contributed by atoms with E-state index in [1.165, 1.54) is 0 Å². The van der Waals surface area contributed by atoms with Gasteiger partial charge >= 0.3 is 3.92 Å². The molecular weight excluding hydrogens is 218 g/mol. The predicted octanol–water partition coefficient (Wildman–Crippen LogP) is 3.98. The third-order valence-electron chi connectivity index (χ3n) is 1.25. The zero-order chi connectivity index (χ0) is 9.03. The highest BCUT2D eigenvalue weighted by Crippen LogP contribution is 2.37. The van der Waals surface area contributed by atoms with E-state index in [1.54, 1.807) is 0 Å². The standard InChI is InChI=1S/C8H7Cl2FS/c9-8(10,11)12-6-7-4-2-1-3-5-7/h1-5H,6H2. The van der Waals surface area contributed by atoms with Crippen LogP contribution in [-0.4, -0.2) is 3.92 Å². The quantitative estimate of drug-likeness (QED) is 0.701. The van der Waals surface area contributed by atoms with Crippen LogP contribution in [-0.2, 0) is 5.75 Å². The fourth-order valence-electron chi connectivity index (χ4n) is 0.739. The first-order chi connectivity index (χ1) is 5.58. The summed E-state index contributed by atoms with van der Waals surface area (Å²) in [6.45, 7) is 0. The minimum Gasteiger partial charge on any atom is -0.195 e. The summed E-state index contributed by atoms with van der Waals surface area (Å²) in [5, 5.41) is 0. The van der Waals surface area contributed by atoms with Gasteiger partial charge in [0.2, 0.25) is 0 Å². The van der Waals surface area contributed by atoms with Crippen molar-refractivity contribution in [3.8, 4) is 0 Å². The Kier molecular flexibility index (Phi) is 3.69. The van der Waals surface area contributed by atoms with E-state index in [0.717, 1.165) is 17.3 Å². The van der Waals surface area contributed by atoms with Crippen molar-refractivity contribution in [3.05, 3.63) is 35.9 Å². The highest BCUT2D eigenvalue weighted by atomic mass is 35.5. The molecule has 12 heavy (non-hydrogen) atoms. The highest BCUT2D eigenvalue weighted by Gasteiger charge is 2.22. The lowest BCUT2D eigenvalue weighted by Gasteiger charge is -2.07. The lowest BCUT2D eigenvalue weighted by molar-refractivity contribution is 0.515. The number of benzene rings is 1. The fraction of sp³-hybridized carbons (Fsp3) is 0.250. The second kappa shape index (κ2) is 4.35. The van der Waals surface area contributed by atoms with Crippen molar-refractivity contribution in [1.29, 1.82) is 0 Å². The Labute approximate surface area is 85.1 Å². The number of hydrogen-bond acceptors (Lipinski definition) is 1. The molecule has 0 nitrogen and oxygen atoms in total. The van der Waals surface area contributed by atoms with Crippen LogP contribution in [0.3, 0.4) is 0 Å². The molecule has 0 bridgehead atoms. The van der Waals surface area contributed by atoms with E-state index in [1.807, 2.05) is 30.3 Å². The summed E-state index contributed by atoms with van der Waals surface area (Å²) >= 11 is 11.1. The summed E-state index contributed by atoms with van der Waals surface area (Å²) < 4.78 is 10.4. The normalized spacial score (nSPS) is 11.6. The third kappa shape index (κ3) is 4.19. The zero-order valence-electron chi connectivity index (χ0n) is 6.14. The van der Waals surface area contributed by atoms with E-state index in [4.69, 9.17) is 23.2 Å². The summed E-state index contributed by atoms with van der Waals surface area (Å²) in [5.41, 5.74) is 1.01. The first-order valence-electron chi connectivity index (χ1n) is 3.32. The Morgan fingerprint density at radius 3 is 2.33 bits per heavy atom. The van der Waals surface area contributed by atoms with E-state index in [-0.39, 0.29) is 0 Å². The van der Waals surface area contributed by atoms with Crippen LogP contribution in [0.25, 0.3) is 0 Å². The van der Waals surface area contributed by atoms with Crippen molar-refractivity contribution in [2.45, 2.75) is 9.67 Å². The van der Waals surface area contributed by atoms with Crippen LogP contribution in [0.4, 0.5) is 4.39 Å².